The summed E-state index contributed by atoms with van der Waals surface area (Å²) >= 11 is 0. The molecule has 0 spiro atoms. The molecule has 0 radical (unpaired) electrons. The Morgan fingerprint density at radius 3 is 2.50 bits per heavy atom. The summed E-state index contributed by atoms with van der Waals surface area (Å²) in [5.74, 6) is -1.25. The maximum atomic E-state index is 12.2. The first kappa shape index (κ1) is 14.9. The Labute approximate surface area is 107 Å². The molecule has 6 heteroatoms. The second-order valence-electron chi connectivity index (χ2n) is 4.75. The van der Waals surface area contributed by atoms with Crippen LogP contribution in [0.1, 0.15) is 32.6 Å². The van der Waals surface area contributed by atoms with E-state index in [-0.39, 0.29) is 12.5 Å². The van der Waals surface area contributed by atoms with Crippen LogP contribution in [0.15, 0.2) is 0 Å². The molecular formula is C12H22N2O4. The second-order valence-corrected chi connectivity index (χ2v) is 4.75. The maximum Gasteiger partial charge on any atom is 0.326 e. The van der Waals surface area contributed by atoms with E-state index in [1.54, 1.807) is 0 Å². The number of carbonyl (C=O) groups is 2. The lowest BCUT2D eigenvalue weighted by molar-refractivity contribution is -0.145. The van der Waals surface area contributed by atoms with E-state index >= 15 is 0 Å². The molecule has 6 nitrogen and oxygen atoms in total. The molecule has 0 aliphatic carbocycles. The number of hydrogen-bond acceptors (Lipinski definition) is 4. The molecule has 1 rings (SSSR count). The lowest BCUT2D eigenvalue weighted by atomic mass is 9.79. The lowest BCUT2D eigenvalue weighted by Crippen LogP contribution is -2.53. The minimum absolute atomic E-state index is 0.223. The van der Waals surface area contributed by atoms with Gasteiger partial charge in [0, 0.05) is 19.8 Å². The first-order valence-electron chi connectivity index (χ1n) is 6.37. The van der Waals surface area contributed by atoms with Gasteiger partial charge in [-0.15, -0.1) is 0 Å². The summed E-state index contributed by atoms with van der Waals surface area (Å²) in [5, 5.41) is 11.6. The Balaban J connectivity index is 2.68. The topological polar surface area (TPSA) is 102 Å². The van der Waals surface area contributed by atoms with E-state index in [0.29, 0.717) is 38.9 Å². The molecule has 0 saturated carbocycles. The lowest BCUT2D eigenvalue weighted by Gasteiger charge is -2.35. The number of hydrogen-bond donors (Lipinski definition) is 3. The molecule has 1 aliphatic heterocycles. The quantitative estimate of drug-likeness (QED) is 0.627. The monoisotopic (exact) mass is 258 g/mol. The van der Waals surface area contributed by atoms with Gasteiger partial charge in [-0.25, -0.2) is 4.79 Å². The van der Waals surface area contributed by atoms with Crippen molar-refractivity contribution < 1.29 is 19.4 Å². The van der Waals surface area contributed by atoms with Gasteiger partial charge in [0.2, 0.25) is 5.91 Å². The van der Waals surface area contributed by atoms with Crippen LogP contribution in [-0.4, -0.2) is 42.8 Å². The van der Waals surface area contributed by atoms with E-state index in [4.69, 9.17) is 15.6 Å². The van der Waals surface area contributed by atoms with Gasteiger partial charge in [0.15, 0.2) is 0 Å². The number of nitrogens with two attached hydrogens (primary N) is 1. The van der Waals surface area contributed by atoms with Gasteiger partial charge in [0.05, 0.1) is 5.41 Å². The average Bonchev–Trinajstić information content (AvgIpc) is 2.38. The van der Waals surface area contributed by atoms with Gasteiger partial charge >= 0.3 is 5.97 Å². The molecule has 0 aromatic heterocycles. The van der Waals surface area contributed by atoms with Gasteiger partial charge < -0.3 is 20.9 Å². The Bertz CT molecular complexity index is 300. The van der Waals surface area contributed by atoms with E-state index in [9.17, 15) is 9.59 Å². The number of rotatable bonds is 6. The zero-order chi connectivity index (χ0) is 13.6. The van der Waals surface area contributed by atoms with Gasteiger partial charge in [-0.2, -0.15) is 0 Å². The number of ether oxygens (including phenoxy) is 1. The molecule has 4 N–H and O–H groups in total. The summed E-state index contributed by atoms with van der Waals surface area (Å²) in [6.07, 6.45) is 2.23. The minimum Gasteiger partial charge on any atom is -0.480 e. The van der Waals surface area contributed by atoms with E-state index < -0.39 is 17.4 Å². The summed E-state index contributed by atoms with van der Waals surface area (Å²) in [6.45, 7) is 3.10. The highest BCUT2D eigenvalue weighted by molar-refractivity contribution is 5.87. The summed E-state index contributed by atoms with van der Waals surface area (Å²) in [5.41, 5.74) is 5.03. The van der Waals surface area contributed by atoms with E-state index in [1.165, 1.54) is 0 Å². The van der Waals surface area contributed by atoms with Crippen molar-refractivity contribution in [3.8, 4) is 0 Å². The number of amides is 1. The van der Waals surface area contributed by atoms with Crippen molar-refractivity contribution in [1.82, 2.24) is 5.32 Å². The van der Waals surface area contributed by atoms with E-state index in [0.717, 1.165) is 0 Å². The molecule has 0 unspecified atom stereocenters. The summed E-state index contributed by atoms with van der Waals surface area (Å²) in [4.78, 5) is 23.3. The zero-order valence-electron chi connectivity index (χ0n) is 10.8. The fraction of sp³-hybridized carbons (Fsp3) is 0.833. The highest BCUT2D eigenvalue weighted by atomic mass is 16.5. The van der Waals surface area contributed by atoms with Crippen molar-refractivity contribution in [3.05, 3.63) is 0 Å². The number of carboxylic acids is 1. The van der Waals surface area contributed by atoms with Crippen molar-refractivity contribution in [2.45, 2.75) is 38.6 Å². The predicted molar refractivity (Wildman–Crippen MR) is 66.0 cm³/mol. The molecule has 1 saturated heterocycles. The van der Waals surface area contributed by atoms with Crippen LogP contribution >= 0.6 is 0 Å². The molecule has 1 aliphatic rings. The molecule has 1 fully saturated rings. The minimum atomic E-state index is -0.996. The first-order chi connectivity index (χ1) is 8.55. The number of carboxylic acid groups (broad SMARTS) is 1. The zero-order valence-corrected chi connectivity index (χ0v) is 10.8. The third-order valence-corrected chi connectivity index (χ3v) is 3.50. The summed E-state index contributed by atoms with van der Waals surface area (Å²) in [7, 11) is 0. The smallest absolute Gasteiger partial charge is 0.326 e. The Kier molecular flexibility index (Phi) is 5.55. The fourth-order valence-corrected chi connectivity index (χ4v) is 2.14. The van der Waals surface area contributed by atoms with Crippen LogP contribution < -0.4 is 11.1 Å². The molecule has 0 aromatic carbocycles. The second kappa shape index (κ2) is 6.70. The van der Waals surface area contributed by atoms with Crippen LogP contribution in [0.4, 0.5) is 0 Å². The van der Waals surface area contributed by atoms with Crippen LogP contribution in [0.25, 0.3) is 0 Å². The van der Waals surface area contributed by atoms with Crippen molar-refractivity contribution in [2.24, 2.45) is 11.1 Å². The molecule has 0 bridgehead atoms. The molecule has 1 heterocycles. The maximum absolute atomic E-state index is 12.2. The third-order valence-electron chi connectivity index (χ3n) is 3.50. The number of aliphatic carboxylic acids is 1. The summed E-state index contributed by atoms with van der Waals surface area (Å²) < 4.78 is 5.22. The van der Waals surface area contributed by atoms with Gasteiger partial charge in [-0.3, -0.25) is 4.79 Å². The summed E-state index contributed by atoms with van der Waals surface area (Å²) in [6, 6.07) is -0.825. The Morgan fingerprint density at radius 2 is 2.06 bits per heavy atom. The van der Waals surface area contributed by atoms with Crippen molar-refractivity contribution in [3.63, 3.8) is 0 Å². The fourth-order valence-electron chi connectivity index (χ4n) is 2.14. The molecular weight excluding hydrogens is 236 g/mol. The van der Waals surface area contributed by atoms with Crippen LogP contribution in [0, 0.1) is 5.41 Å². The third kappa shape index (κ3) is 3.43. The van der Waals surface area contributed by atoms with E-state index in [2.05, 4.69) is 5.32 Å². The highest BCUT2D eigenvalue weighted by Gasteiger charge is 2.40. The van der Waals surface area contributed by atoms with Crippen LogP contribution in [-0.2, 0) is 14.3 Å². The Morgan fingerprint density at radius 1 is 1.44 bits per heavy atom. The molecule has 0 aromatic rings. The van der Waals surface area contributed by atoms with E-state index in [1.807, 2.05) is 6.92 Å². The van der Waals surface area contributed by atoms with Gasteiger partial charge in [-0.1, -0.05) is 13.3 Å². The van der Waals surface area contributed by atoms with Gasteiger partial charge in [0.1, 0.15) is 6.04 Å². The first-order valence-corrected chi connectivity index (χ1v) is 6.37. The van der Waals surface area contributed by atoms with Gasteiger partial charge in [-0.05, 0) is 19.3 Å². The molecule has 18 heavy (non-hydrogen) atoms. The SMILES string of the molecule is CCC[C@H](NC(=O)C1(CN)CCOCC1)C(=O)O. The Hall–Kier alpha value is -1.14. The van der Waals surface area contributed by atoms with Crippen LogP contribution in [0.3, 0.4) is 0 Å². The largest absolute Gasteiger partial charge is 0.480 e. The molecule has 1 amide bonds. The van der Waals surface area contributed by atoms with Crippen LogP contribution in [0.5, 0.6) is 0 Å². The normalized spacial score (nSPS) is 20.1. The molecule has 104 valence electrons. The van der Waals surface area contributed by atoms with Crippen molar-refractivity contribution >= 4 is 11.9 Å². The van der Waals surface area contributed by atoms with Gasteiger partial charge in [0.25, 0.3) is 0 Å². The number of nitrogens with one attached hydrogen (secondary N) is 1. The van der Waals surface area contributed by atoms with Crippen molar-refractivity contribution in [2.75, 3.05) is 19.8 Å². The average molecular weight is 258 g/mol. The highest BCUT2D eigenvalue weighted by Crippen LogP contribution is 2.29. The predicted octanol–water partition coefficient (Wildman–Crippen LogP) is 0.111. The van der Waals surface area contributed by atoms with Crippen molar-refractivity contribution in [1.29, 1.82) is 0 Å². The number of carbonyl (C=O) groups excluding carboxylic acids is 1. The molecule has 1 atom stereocenters. The standard InChI is InChI=1S/C12H22N2O4/c1-2-3-9(10(15)16)14-11(17)12(8-13)4-6-18-7-5-12/h9H,2-8,13H2,1H3,(H,14,17)(H,15,16)/t9-/m0/s1. The van der Waals surface area contributed by atoms with Crippen LogP contribution in [0.2, 0.25) is 0 Å².